The summed E-state index contributed by atoms with van der Waals surface area (Å²) in [6.07, 6.45) is 2.08. The highest BCUT2D eigenvalue weighted by atomic mass is 35.5. The van der Waals surface area contributed by atoms with Crippen LogP contribution in [0.5, 0.6) is 5.75 Å². The third-order valence-electron chi connectivity index (χ3n) is 3.20. The molecule has 2 aromatic rings. The predicted octanol–water partition coefficient (Wildman–Crippen LogP) is 4.65. The number of amides is 1. The lowest BCUT2D eigenvalue weighted by Crippen LogP contribution is -2.34. The van der Waals surface area contributed by atoms with Gasteiger partial charge in [-0.25, -0.2) is 0 Å². The molecule has 0 radical (unpaired) electrons. The second kappa shape index (κ2) is 9.25. The van der Waals surface area contributed by atoms with Crippen LogP contribution in [0.4, 0.5) is 5.69 Å². The summed E-state index contributed by atoms with van der Waals surface area (Å²) in [5, 5.41) is 6.16. The summed E-state index contributed by atoms with van der Waals surface area (Å²) in [5.74, 6) is 0.405. The summed E-state index contributed by atoms with van der Waals surface area (Å²) in [6, 6.07) is 14.2. The molecule has 24 heavy (non-hydrogen) atoms. The monoisotopic (exact) mass is 362 g/mol. The van der Waals surface area contributed by atoms with Crippen molar-refractivity contribution < 1.29 is 9.53 Å². The van der Waals surface area contributed by atoms with Gasteiger partial charge < -0.3 is 10.1 Å². The molecule has 6 heteroatoms. The Labute approximate surface area is 152 Å². The van der Waals surface area contributed by atoms with Gasteiger partial charge in [0.25, 0.3) is 5.91 Å². The summed E-state index contributed by atoms with van der Waals surface area (Å²) in [5.41, 5.74) is 1.12. The molecule has 0 atom stereocenters. The molecule has 126 valence electrons. The van der Waals surface area contributed by atoms with Crippen molar-refractivity contribution in [1.82, 2.24) is 5.32 Å². The molecule has 0 aromatic heterocycles. The zero-order valence-electron chi connectivity index (χ0n) is 13.3. The van der Waals surface area contributed by atoms with E-state index >= 15 is 0 Å². The van der Waals surface area contributed by atoms with Gasteiger partial charge in [-0.05, 0) is 42.9 Å². The van der Waals surface area contributed by atoms with Crippen molar-refractivity contribution in [3.8, 4) is 5.75 Å². The first-order valence-electron chi connectivity index (χ1n) is 7.70. The Kier molecular flexibility index (Phi) is 7.03. The van der Waals surface area contributed by atoms with Crippen LogP contribution in [-0.4, -0.2) is 17.6 Å². The van der Waals surface area contributed by atoms with Crippen LogP contribution in [0.3, 0.4) is 0 Å². The van der Waals surface area contributed by atoms with Gasteiger partial charge >= 0.3 is 0 Å². The molecular formula is C18H19ClN2O2S. The van der Waals surface area contributed by atoms with Crippen LogP contribution < -0.4 is 15.4 Å². The third kappa shape index (κ3) is 5.51. The van der Waals surface area contributed by atoms with Crippen molar-refractivity contribution in [2.75, 3.05) is 11.9 Å². The van der Waals surface area contributed by atoms with Crippen molar-refractivity contribution in [3.05, 3.63) is 59.1 Å². The van der Waals surface area contributed by atoms with Crippen molar-refractivity contribution in [2.45, 2.75) is 19.8 Å². The van der Waals surface area contributed by atoms with Crippen LogP contribution in [0.15, 0.2) is 48.5 Å². The van der Waals surface area contributed by atoms with E-state index in [4.69, 9.17) is 28.6 Å². The van der Waals surface area contributed by atoms with Crippen molar-refractivity contribution in [1.29, 1.82) is 0 Å². The number of nitrogens with one attached hydrogen (secondary N) is 2. The number of carbonyl (C=O) groups is 1. The zero-order valence-corrected chi connectivity index (χ0v) is 14.9. The first-order valence-corrected chi connectivity index (χ1v) is 8.48. The van der Waals surface area contributed by atoms with Crippen molar-refractivity contribution >= 4 is 40.5 Å². The zero-order chi connectivity index (χ0) is 17.4. The minimum absolute atomic E-state index is 0.200. The largest absolute Gasteiger partial charge is 0.494 e. The van der Waals surface area contributed by atoms with Gasteiger partial charge in [-0.1, -0.05) is 43.1 Å². The Hall–Kier alpha value is -2.11. The number of benzene rings is 2. The molecule has 0 heterocycles. The second-order valence-corrected chi connectivity index (χ2v) is 5.93. The smallest absolute Gasteiger partial charge is 0.258 e. The first-order chi connectivity index (χ1) is 11.6. The van der Waals surface area contributed by atoms with Crippen LogP contribution in [0.1, 0.15) is 30.1 Å². The first kappa shape index (κ1) is 18.2. The molecule has 2 aromatic carbocycles. The topological polar surface area (TPSA) is 50.4 Å². The van der Waals surface area contributed by atoms with Gasteiger partial charge in [-0.3, -0.25) is 10.1 Å². The predicted molar refractivity (Wildman–Crippen MR) is 102 cm³/mol. The normalized spacial score (nSPS) is 10.1. The molecule has 1 amide bonds. The summed E-state index contributed by atoms with van der Waals surface area (Å²) >= 11 is 11.2. The Morgan fingerprint density at radius 2 is 2.00 bits per heavy atom. The van der Waals surface area contributed by atoms with Gasteiger partial charge in [0.1, 0.15) is 5.75 Å². The number of anilines is 1. The lowest BCUT2D eigenvalue weighted by molar-refractivity contribution is 0.0978. The van der Waals surface area contributed by atoms with E-state index < -0.39 is 0 Å². The molecule has 2 rings (SSSR count). The van der Waals surface area contributed by atoms with Crippen LogP contribution in [0.2, 0.25) is 5.02 Å². The van der Waals surface area contributed by atoms with E-state index in [1.165, 1.54) is 0 Å². The Balaban J connectivity index is 1.93. The van der Waals surface area contributed by atoms with Gasteiger partial charge in [0, 0.05) is 11.8 Å². The van der Waals surface area contributed by atoms with Gasteiger partial charge in [0.05, 0.1) is 17.2 Å². The number of carbonyl (C=O) groups excluding carboxylic acids is 1. The number of thiocarbonyl (C=S) groups is 1. The molecule has 0 saturated heterocycles. The van der Waals surface area contributed by atoms with E-state index in [2.05, 4.69) is 17.6 Å². The highest BCUT2D eigenvalue weighted by Crippen LogP contribution is 2.18. The second-order valence-electron chi connectivity index (χ2n) is 5.12. The van der Waals surface area contributed by atoms with E-state index in [9.17, 15) is 4.79 Å². The fourth-order valence-corrected chi connectivity index (χ4v) is 2.41. The number of ether oxygens (including phenoxy) is 1. The van der Waals surface area contributed by atoms with Crippen LogP contribution >= 0.6 is 23.8 Å². The van der Waals surface area contributed by atoms with E-state index in [0.29, 0.717) is 17.2 Å². The van der Waals surface area contributed by atoms with Gasteiger partial charge in [0.15, 0.2) is 5.11 Å². The summed E-state index contributed by atoms with van der Waals surface area (Å²) in [7, 11) is 0. The minimum Gasteiger partial charge on any atom is -0.494 e. The number of hydrogen-bond donors (Lipinski definition) is 2. The van der Waals surface area contributed by atoms with Gasteiger partial charge in [-0.2, -0.15) is 0 Å². The summed E-state index contributed by atoms with van der Waals surface area (Å²) in [4.78, 5) is 12.2. The van der Waals surface area contributed by atoms with E-state index in [1.807, 2.05) is 24.3 Å². The van der Waals surface area contributed by atoms with Gasteiger partial charge in [-0.15, -0.1) is 0 Å². The molecule has 0 fully saturated rings. The average molecular weight is 363 g/mol. The highest BCUT2D eigenvalue weighted by Gasteiger charge is 2.11. The minimum atomic E-state index is -0.353. The number of unbranched alkanes of at least 4 members (excludes halogenated alkanes) is 1. The Bertz CT molecular complexity index is 722. The maximum Gasteiger partial charge on any atom is 0.258 e. The molecule has 0 aliphatic heterocycles. The fraction of sp³-hybridized carbons (Fsp3) is 0.222. The van der Waals surface area contributed by atoms with Gasteiger partial charge in [0.2, 0.25) is 0 Å². The third-order valence-corrected chi connectivity index (χ3v) is 3.74. The maximum atomic E-state index is 12.2. The molecule has 2 N–H and O–H groups in total. The molecule has 0 bridgehead atoms. The van der Waals surface area contributed by atoms with Crippen molar-refractivity contribution in [2.24, 2.45) is 0 Å². The number of halogens is 1. The fourth-order valence-electron chi connectivity index (χ4n) is 1.98. The average Bonchev–Trinajstić information content (AvgIpc) is 2.55. The quantitative estimate of drug-likeness (QED) is 0.580. The van der Waals surface area contributed by atoms with Crippen molar-refractivity contribution in [3.63, 3.8) is 0 Å². The lowest BCUT2D eigenvalue weighted by Gasteiger charge is -2.12. The summed E-state index contributed by atoms with van der Waals surface area (Å²) in [6.45, 7) is 2.79. The highest BCUT2D eigenvalue weighted by molar-refractivity contribution is 7.80. The number of hydrogen-bond acceptors (Lipinski definition) is 3. The van der Waals surface area contributed by atoms with Crippen LogP contribution in [0.25, 0.3) is 0 Å². The standard InChI is InChI=1S/C18H19ClN2O2S/c1-2-3-11-23-14-8-6-7-13(12-14)20-18(24)21-17(22)15-9-4-5-10-16(15)19/h4-10,12H,2-3,11H2,1H3,(H2,20,21,22,24). The molecule has 0 aliphatic carbocycles. The Morgan fingerprint density at radius 1 is 1.21 bits per heavy atom. The van der Waals surface area contributed by atoms with E-state index in [-0.39, 0.29) is 11.0 Å². The molecule has 0 aliphatic rings. The summed E-state index contributed by atoms with van der Waals surface area (Å²) < 4.78 is 5.65. The van der Waals surface area contributed by atoms with Crippen LogP contribution in [0, 0.1) is 0 Å². The molecule has 0 saturated carbocycles. The Morgan fingerprint density at radius 3 is 2.75 bits per heavy atom. The van der Waals surface area contributed by atoms with Crippen LogP contribution in [-0.2, 0) is 0 Å². The molecular weight excluding hydrogens is 344 g/mol. The molecule has 0 unspecified atom stereocenters. The van der Waals surface area contributed by atoms with E-state index in [1.54, 1.807) is 24.3 Å². The molecule has 4 nitrogen and oxygen atoms in total. The molecule has 0 spiro atoms. The van der Waals surface area contributed by atoms with E-state index in [0.717, 1.165) is 24.3 Å². The SMILES string of the molecule is CCCCOc1cccc(NC(=S)NC(=O)c2ccccc2Cl)c1. The lowest BCUT2D eigenvalue weighted by atomic mass is 10.2. The maximum absolute atomic E-state index is 12.2. The number of rotatable bonds is 6.